The summed E-state index contributed by atoms with van der Waals surface area (Å²) in [6.07, 6.45) is 2.63. The van der Waals surface area contributed by atoms with Crippen molar-refractivity contribution in [1.82, 2.24) is 5.32 Å². The van der Waals surface area contributed by atoms with Crippen molar-refractivity contribution in [3.05, 3.63) is 70.3 Å². The molecule has 2 amide bonds. The van der Waals surface area contributed by atoms with Crippen molar-refractivity contribution in [1.29, 1.82) is 0 Å². The van der Waals surface area contributed by atoms with Crippen molar-refractivity contribution < 1.29 is 19.2 Å². The number of fused-ring (bicyclic) bond motifs is 1. The molecule has 2 aromatic rings. The number of nitro groups is 1. The summed E-state index contributed by atoms with van der Waals surface area (Å²) in [5, 5.41) is 13.9. The summed E-state index contributed by atoms with van der Waals surface area (Å²) >= 11 is 0. The van der Waals surface area contributed by atoms with Crippen LogP contribution in [0.1, 0.15) is 18.9 Å². The highest BCUT2D eigenvalue weighted by atomic mass is 16.6. The van der Waals surface area contributed by atoms with E-state index in [1.165, 1.54) is 23.1 Å². The zero-order valence-electron chi connectivity index (χ0n) is 15.9. The highest BCUT2D eigenvalue weighted by molar-refractivity contribution is 6.06. The predicted octanol–water partition coefficient (Wildman–Crippen LogP) is 2.93. The summed E-state index contributed by atoms with van der Waals surface area (Å²) < 4.78 is 5.77. The highest BCUT2D eigenvalue weighted by Crippen LogP contribution is 2.33. The van der Waals surface area contributed by atoms with Crippen LogP contribution in [0, 0.1) is 10.1 Å². The quantitative estimate of drug-likeness (QED) is 0.460. The first kappa shape index (κ1) is 20.1. The average molecular weight is 395 g/mol. The van der Waals surface area contributed by atoms with Gasteiger partial charge >= 0.3 is 0 Å². The van der Waals surface area contributed by atoms with Gasteiger partial charge in [-0.1, -0.05) is 31.2 Å². The lowest BCUT2D eigenvalue weighted by Gasteiger charge is -2.33. The fourth-order valence-corrected chi connectivity index (χ4v) is 2.99. The molecule has 0 unspecified atom stereocenters. The minimum absolute atomic E-state index is 0.0482. The van der Waals surface area contributed by atoms with Crippen LogP contribution in [0.4, 0.5) is 11.4 Å². The molecule has 0 aromatic heterocycles. The van der Waals surface area contributed by atoms with Gasteiger partial charge in [-0.15, -0.1) is 0 Å². The number of para-hydroxylation sites is 3. The van der Waals surface area contributed by atoms with Gasteiger partial charge in [-0.25, -0.2) is 0 Å². The Hall–Kier alpha value is -3.68. The van der Waals surface area contributed by atoms with Gasteiger partial charge in [-0.2, -0.15) is 0 Å². The van der Waals surface area contributed by atoms with E-state index in [9.17, 15) is 19.7 Å². The summed E-state index contributed by atoms with van der Waals surface area (Å²) in [6.45, 7) is 2.51. The number of amides is 2. The Kier molecular flexibility index (Phi) is 6.23. The molecule has 150 valence electrons. The Bertz CT molecular complexity index is 957. The Morgan fingerprint density at radius 1 is 1.24 bits per heavy atom. The Labute approximate surface area is 167 Å². The van der Waals surface area contributed by atoms with Crippen LogP contribution in [0.2, 0.25) is 0 Å². The van der Waals surface area contributed by atoms with Gasteiger partial charge < -0.3 is 15.0 Å². The molecule has 0 fully saturated rings. The van der Waals surface area contributed by atoms with E-state index in [4.69, 9.17) is 4.74 Å². The van der Waals surface area contributed by atoms with Crippen LogP contribution in [0.3, 0.4) is 0 Å². The van der Waals surface area contributed by atoms with Crippen molar-refractivity contribution in [2.75, 3.05) is 18.0 Å². The van der Waals surface area contributed by atoms with Crippen molar-refractivity contribution in [2.45, 2.75) is 19.4 Å². The van der Waals surface area contributed by atoms with Gasteiger partial charge in [-0.05, 0) is 30.7 Å². The summed E-state index contributed by atoms with van der Waals surface area (Å²) in [4.78, 5) is 37.3. The molecule has 0 spiro atoms. The van der Waals surface area contributed by atoms with E-state index in [-0.39, 0.29) is 18.1 Å². The molecule has 1 atom stereocenters. The van der Waals surface area contributed by atoms with Crippen LogP contribution >= 0.6 is 0 Å². The molecule has 1 heterocycles. The third kappa shape index (κ3) is 4.60. The molecule has 3 rings (SSSR count). The molecule has 0 aliphatic carbocycles. The highest BCUT2D eigenvalue weighted by Gasteiger charge is 2.32. The fraction of sp³-hybridized carbons (Fsp3) is 0.238. The standard InChI is InChI=1S/C21H21N3O5/c1-2-13-22-21(26)19-14-23(17-9-5-6-10-18(17)29-19)20(25)12-11-15-7-3-4-8-16(15)24(27)28/h3-12,19H,2,13-14H2,1H3,(H,22,26)/b12-11+/t19-/m0/s1. The van der Waals surface area contributed by atoms with Crippen molar-refractivity contribution in [2.24, 2.45) is 0 Å². The molecule has 1 aliphatic rings. The van der Waals surface area contributed by atoms with E-state index in [2.05, 4.69) is 5.32 Å². The molecule has 8 heteroatoms. The zero-order valence-corrected chi connectivity index (χ0v) is 15.9. The van der Waals surface area contributed by atoms with Crippen molar-refractivity contribution in [3.63, 3.8) is 0 Å². The first-order valence-electron chi connectivity index (χ1n) is 9.27. The van der Waals surface area contributed by atoms with Gasteiger partial charge in [0.1, 0.15) is 5.75 Å². The second-order valence-corrected chi connectivity index (χ2v) is 6.46. The maximum absolute atomic E-state index is 12.9. The molecular weight excluding hydrogens is 374 g/mol. The number of nitrogens with one attached hydrogen (secondary N) is 1. The lowest BCUT2D eigenvalue weighted by Crippen LogP contribution is -2.50. The minimum Gasteiger partial charge on any atom is -0.477 e. The topological polar surface area (TPSA) is 102 Å². The first-order chi connectivity index (χ1) is 14.0. The lowest BCUT2D eigenvalue weighted by molar-refractivity contribution is -0.385. The number of nitrogens with zero attached hydrogens (tertiary/aromatic N) is 2. The van der Waals surface area contributed by atoms with Crippen molar-refractivity contribution in [3.8, 4) is 5.75 Å². The first-order valence-corrected chi connectivity index (χ1v) is 9.27. The number of hydrogen-bond acceptors (Lipinski definition) is 5. The summed E-state index contributed by atoms with van der Waals surface area (Å²) in [6, 6.07) is 13.1. The molecule has 1 N–H and O–H groups in total. The van der Waals surface area contributed by atoms with E-state index < -0.39 is 16.9 Å². The van der Waals surface area contributed by atoms with E-state index in [0.717, 1.165) is 6.42 Å². The van der Waals surface area contributed by atoms with E-state index in [1.54, 1.807) is 42.5 Å². The largest absolute Gasteiger partial charge is 0.477 e. The Morgan fingerprint density at radius 2 is 1.97 bits per heavy atom. The molecule has 0 radical (unpaired) electrons. The summed E-state index contributed by atoms with van der Waals surface area (Å²) in [5.41, 5.74) is 0.782. The number of carbonyl (C=O) groups is 2. The number of carbonyl (C=O) groups excluding carboxylic acids is 2. The second kappa shape index (κ2) is 9.01. The van der Waals surface area contributed by atoms with E-state index in [1.807, 2.05) is 6.92 Å². The van der Waals surface area contributed by atoms with Gasteiger partial charge in [-0.3, -0.25) is 19.7 Å². The third-order valence-corrected chi connectivity index (χ3v) is 4.42. The maximum Gasteiger partial charge on any atom is 0.276 e. The number of anilines is 1. The second-order valence-electron chi connectivity index (χ2n) is 6.46. The minimum atomic E-state index is -0.833. The maximum atomic E-state index is 12.9. The molecule has 29 heavy (non-hydrogen) atoms. The molecule has 0 bridgehead atoms. The van der Waals surface area contributed by atoms with E-state index in [0.29, 0.717) is 23.5 Å². The Balaban J connectivity index is 1.85. The van der Waals surface area contributed by atoms with Crippen LogP contribution in [0.15, 0.2) is 54.6 Å². The monoisotopic (exact) mass is 395 g/mol. The van der Waals surface area contributed by atoms with Gasteiger partial charge in [0.05, 0.1) is 22.7 Å². The van der Waals surface area contributed by atoms with Gasteiger partial charge in [0.2, 0.25) is 0 Å². The molecular formula is C21H21N3O5. The Morgan fingerprint density at radius 3 is 2.72 bits per heavy atom. The van der Waals surface area contributed by atoms with Crippen LogP contribution in [0.25, 0.3) is 6.08 Å². The van der Waals surface area contributed by atoms with Gasteiger partial charge in [0.15, 0.2) is 6.10 Å². The number of benzene rings is 2. The van der Waals surface area contributed by atoms with Gasteiger partial charge in [0.25, 0.3) is 17.5 Å². The van der Waals surface area contributed by atoms with Crippen LogP contribution in [-0.2, 0) is 9.59 Å². The molecule has 0 saturated carbocycles. The normalized spacial score (nSPS) is 15.5. The summed E-state index contributed by atoms with van der Waals surface area (Å²) in [7, 11) is 0. The molecule has 2 aromatic carbocycles. The fourth-order valence-electron chi connectivity index (χ4n) is 2.99. The predicted molar refractivity (Wildman–Crippen MR) is 109 cm³/mol. The number of nitro benzene ring substituents is 1. The number of hydrogen-bond donors (Lipinski definition) is 1. The van der Waals surface area contributed by atoms with Crippen molar-refractivity contribution >= 4 is 29.3 Å². The number of rotatable bonds is 6. The van der Waals surface area contributed by atoms with E-state index >= 15 is 0 Å². The lowest BCUT2D eigenvalue weighted by atomic mass is 10.1. The molecule has 8 nitrogen and oxygen atoms in total. The van der Waals surface area contributed by atoms with Crippen LogP contribution in [-0.4, -0.2) is 35.9 Å². The van der Waals surface area contributed by atoms with Gasteiger partial charge in [0, 0.05) is 18.7 Å². The third-order valence-electron chi connectivity index (χ3n) is 4.42. The molecule has 0 saturated heterocycles. The van der Waals surface area contributed by atoms with Crippen LogP contribution < -0.4 is 15.0 Å². The zero-order chi connectivity index (χ0) is 20.8. The van der Waals surface area contributed by atoms with Crippen LogP contribution in [0.5, 0.6) is 5.75 Å². The average Bonchev–Trinajstić information content (AvgIpc) is 2.75. The number of ether oxygens (including phenoxy) is 1. The smallest absolute Gasteiger partial charge is 0.276 e. The molecule has 1 aliphatic heterocycles. The summed E-state index contributed by atoms with van der Waals surface area (Å²) in [5.74, 6) is -0.253. The SMILES string of the molecule is CCCNC(=O)[C@@H]1CN(C(=O)/C=C/c2ccccc2[N+](=O)[O-])c2ccccc2O1.